The minimum atomic E-state index is -0.312. The van der Waals surface area contributed by atoms with E-state index in [2.05, 4.69) is 115 Å². The highest BCUT2D eigenvalue weighted by molar-refractivity contribution is 5.56. The SMILES string of the molecule is CC1=C(/C=C/C(C)=C/C=C/C(C)=C/C2Nc3ccccc3C(C)(C)O2)C(C)(C)CCC1. The first kappa shape index (κ1) is 23.3. The van der Waals surface area contributed by atoms with Crippen LogP contribution in [0.2, 0.25) is 0 Å². The van der Waals surface area contributed by atoms with Crippen molar-refractivity contribution in [3.05, 3.63) is 88.6 Å². The van der Waals surface area contributed by atoms with Crippen molar-refractivity contribution in [1.29, 1.82) is 0 Å². The second-order valence-electron chi connectivity index (χ2n) is 10.2. The lowest BCUT2D eigenvalue weighted by Gasteiger charge is -2.38. The molecule has 1 aliphatic heterocycles. The van der Waals surface area contributed by atoms with Gasteiger partial charge in [0.2, 0.25) is 0 Å². The molecule has 3 rings (SSSR count). The molecule has 1 heterocycles. The van der Waals surface area contributed by atoms with Crippen LogP contribution in [0.15, 0.2) is 83.0 Å². The third-order valence-corrected chi connectivity index (χ3v) is 6.48. The molecule has 0 aromatic heterocycles. The molecule has 0 saturated carbocycles. The van der Waals surface area contributed by atoms with E-state index in [1.165, 1.54) is 41.5 Å². The summed E-state index contributed by atoms with van der Waals surface area (Å²) >= 11 is 0. The Kier molecular flexibility index (Phi) is 7.11. The number of anilines is 1. The van der Waals surface area contributed by atoms with Crippen molar-refractivity contribution >= 4 is 5.69 Å². The van der Waals surface area contributed by atoms with Crippen molar-refractivity contribution in [3.8, 4) is 0 Å². The van der Waals surface area contributed by atoms with Crippen LogP contribution in [0, 0.1) is 5.41 Å². The van der Waals surface area contributed by atoms with Gasteiger partial charge in [-0.1, -0.05) is 79.1 Å². The van der Waals surface area contributed by atoms with Gasteiger partial charge in [-0.15, -0.1) is 0 Å². The summed E-state index contributed by atoms with van der Waals surface area (Å²) in [6, 6.07) is 8.37. The van der Waals surface area contributed by atoms with Gasteiger partial charge >= 0.3 is 0 Å². The molecular formula is C29H39NO. The topological polar surface area (TPSA) is 21.3 Å². The van der Waals surface area contributed by atoms with Gasteiger partial charge in [0.05, 0.1) is 5.60 Å². The van der Waals surface area contributed by atoms with Gasteiger partial charge in [0.25, 0.3) is 0 Å². The predicted molar refractivity (Wildman–Crippen MR) is 134 cm³/mol. The standard InChI is InChI=1S/C29H39NO/c1-21(17-18-24-23(3)14-11-19-28(24,4)5)12-10-13-22(2)20-27-30-26-16-9-8-15-25(26)29(6,7)31-27/h8-10,12-13,15-18,20,27,30H,11,14,19H2,1-7H3/b13-10+,18-17+,21-12+,22-20+. The van der Waals surface area contributed by atoms with Gasteiger partial charge in [-0.2, -0.15) is 0 Å². The van der Waals surface area contributed by atoms with E-state index in [4.69, 9.17) is 4.74 Å². The summed E-state index contributed by atoms with van der Waals surface area (Å²) in [4.78, 5) is 0. The van der Waals surface area contributed by atoms with E-state index in [1.807, 2.05) is 0 Å². The number of fused-ring (bicyclic) bond motifs is 1. The molecule has 1 aliphatic carbocycles. The first-order chi connectivity index (χ1) is 14.6. The van der Waals surface area contributed by atoms with Crippen molar-refractivity contribution in [2.24, 2.45) is 5.41 Å². The highest BCUT2D eigenvalue weighted by Crippen LogP contribution is 2.41. The largest absolute Gasteiger partial charge is 0.356 e. The Balaban J connectivity index is 1.65. The number of para-hydroxylation sites is 1. The smallest absolute Gasteiger partial charge is 0.148 e. The molecule has 1 aromatic carbocycles. The van der Waals surface area contributed by atoms with Gasteiger partial charge in [0.15, 0.2) is 0 Å². The Morgan fingerprint density at radius 1 is 1.06 bits per heavy atom. The third kappa shape index (κ3) is 5.89. The summed E-state index contributed by atoms with van der Waals surface area (Å²) in [5, 5.41) is 3.49. The number of hydrogen-bond acceptors (Lipinski definition) is 2. The van der Waals surface area contributed by atoms with Crippen LogP contribution in [-0.2, 0) is 10.3 Å². The molecule has 166 valence electrons. The van der Waals surface area contributed by atoms with Gasteiger partial charge in [-0.25, -0.2) is 0 Å². The van der Waals surface area contributed by atoms with Gasteiger partial charge in [0.1, 0.15) is 6.23 Å². The van der Waals surface area contributed by atoms with Crippen LogP contribution in [-0.4, -0.2) is 6.23 Å². The van der Waals surface area contributed by atoms with Crippen LogP contribution >= 0.6 is 0 Å². The Morgan fingerprint density at radius 3 is 2.55 bits per heavy atom. The summed E-state index contributed by atoms with van der Waals surface area (Å²) in [6.07, 6.45) is 16.8. The van der Waals surface area contributed by atoms with Crippen molar-refractivity contribution in [2.75, 3.05) is 5.32 Å². The quantitative estimate of drug-likeness (QED) is 0.487. The molecule has 0 radical (unpaired) electrons. The fourth-order valence-corrected chi connectivity index (χ4v) is 4.70. The van der Waals surface area contributed by atoms with Crippen LogP contribution in [0.1, 0.15) is 73.3 Å². The molecule has 1 N–H and O–H groups in total. The Labute approximate surface area is 189 Å². The summed E-state index contributed by atoms with van der Waals surface area (Å²) < 4.78 is 6.28. The number of rotatable bonds is 5. The Hall–Kier alpha value is -2.32. The maximum atomic E-state index is 6.28. The lowest BCUT2D eigenvalue weighted by atomic mass is 9.72. The van der Waals surface area contributed by atoms with Crippen LogP contribution in [0.5, 0.6) is 0 Å². The zero-order chi connectivity index (χ0) is 22.6. The zero-order valence-corrected chi connectivity index (χ0v) is 20.4. The maximum absolute atomic E-state index is 6.28. The van der Waals surface area contributed by atoms with Gasteiger partial charge < -0.3 is 10.1 Å². The van der Waals surface area contributed by atoms with E-state index in [-0.39, 0.29) is 17.2 Å². The van der Waals surface area contributed by atoms with Crippen molar-refractivity contribution in [2.45, 2.75) is 79.6 Å². The number of benzene rings is 1. The zero-order valence-electron chi connectivity index (χ0n) is 20.4. The Bertz CT molecular complexity index is 953. The van der Waals surface area contributed by atoms with Crippen molar-refractivity contribution in [3.63, 3.8) is 0 Å². The van der Waals surface area contributed by atoms with E-state index in [0.717, 1.165) is 5.69 Å². The number of hydrogen-bond donors (Lipinski definition) is 1. The summed E-state index contributed by atoms with van der Waals surface area (Å²) in [7, 11) is 0. The molecule has 2 nitrogen and oxygen atoms in total. The summed E-state index contributed by atoms with van der Waals surface area (Å²) in [6.45, 7) is 15.6. The first-order valence-corrected chi connectivity index (χ1v) is 11.5. The van der Waals surface area contributed by atoms with E-state index in [9.17, 15) is 0 Å². The monoisotopic (exact) mass is 417 g/mol. The lowest BCUT2D eigenvalue weighted by molar-refractivity contribution is -0.0515. The highest BCUT2D eigenvalue weighted by Gasteiger charge is 2.32. The first-order valence-electron chi connectivity index (χ1n) is 11.5. The third-order valence-electron chi connectivity index (χ3n) is 6.48. The number of ether oxygens (including phenoxy) is 1. The molecule has 2 aliphatic rings. The average Bonchev–Trinajstić information content (AvgIpc) is 2.66. The average molecular weight is 418 g/mol. The molecule has 0 spiro atoms. The molecule has 31 heavy (non-hydrogen) atoms. The van der Waals surface area contributed by atoms with E-state index >= 15 is 0 Å². The highest BCUT2D eigenvalue weighted by atomic mass is 16.5. The fraction of sp³-hybridized carbons (Fsp3) is 0.448. The number of nitrogens with one attached hydrogen (secondary N) is 1. The summed E-state index contributed by atoms with van der Waals surface area (Å²) in [5.41, 5.74) is 7.80. The molecule has 0 fully saturated rings. The van der Waals surface area contributed by atoms with Crippen LogP contribution in [0.25, 0.3) is 0 Å². The molecule has 0 saturated heterocycles. The molecule has 1 unspecified atom stereocenters. The minimum absolute atomic E-state index is 0.136. The van der Waals surface area contributed by atoms with E-state index < -0.39 is 0 Å². The van der Waals surface area contributed by atoms with Crippen LogP contribution in [0.4, 0.5) is 5.69 Å². The molecular weight excluding hydrogens is 378 g/mol. The number of allylic oxidation sites excluding steroid dienone is 9. The molecule has 1 atom stereocenters. The second kappa shape index (κ2) is 9.44. The molecule has 1 aromatic rings. The van der Waals surface area contributed by atoms with Crippen molar-refractivity contribution < 1.29 is 4.74 Å². The predicted octanol–water partition coefficient (Wildman–Crippen LogP) is 8.22. The fourth-order valence-electron chi connectivity index (χ4n) is 4.70. The van der Waals surface area contributed by atoms with Crippen LogP contribution < -0.4 is 5.32 Å². The second-order valence-corrected chi connectivity index (χ2v) is 10.2. The molecule has 2 heteroatoms. The van der Waals surface area contributed by atoms with E-state index in [1.54, 1.807) is 5.57 Å². The summed E-state index contributed by atoms with van der Waals surface area (Å²) in [5.74, 6) is 0. The lowest BCUT2D eigenvalue weighted by Crippen LogP contribution is -2.38. The van der Waals surface area contributed by atoms with Gasteiger partial charge in [-0.05, 0) is 77.0 Å². The van der Waals surface area contributed by atoms with Crippen LogP contribution in [0.3, 0.4) is 0 Å². The Morgan fingerprint density at radius 2 is 1.81 bits per heavy atom. The van der Waals surface area contributed by atoms with Crippen molar-refractivity contribution in [1.82, 2.24) is 0 Å². The van der Waals surface area contributed by atoms with Gasteiger partial charge in [0, 0.05) is 11.3 Å². The molecule has 0 bridgehead atoms. The normalized spacial score (nSPS) is 23.9. The maximum Gasteiger partial charge on any atom is 0.148 e. The molecule has 0 amide bonds. The minimum Gasteiger partial charge on any atom is -0.356 e. The van der Waals surface area contributed by atoms with Gasteiger partial charge in [-0.3, -0.25) is 0 Å². The van der Waals surface area contributed by atoms with E-state index in [0.29, 0.717) is 0 Å².